The lowest BCUT2D eigenvalue weighted by Gasteiger charge is -2.24. The number of aromatic nitrogens is 3. The van der Waals surface area contributed by atoms with Crippen molar-refractivity contribution in [3.05, 3.63) is 48.5 Å². The van der Waals surface area contributed by atoms with Crippen molar-refractivity contribution in [3.63, 3.8) is 0 Å². The van der Waals surface area contributed by atoms with Gasteiger partial charge in [0.05, 0.1) is 0 Å². The molecule has 1 fully saturated rings. The Morgan fingerprint density at radius 3 is 2.83 bits per heavy atom. The molecule has 1 atom stereocenters. The normalized spacial score (nSPS) is 18.0. The second-order valence-electron chi connectivity index (χ2n) is 5.80. The minimum Gasteiger partial charge on any atom is -0.366 e. The lowest BCUT2D eigenvalue weighted by molar-refractivity contribution is 0.478. The van der Waals surface area contributed by atoms with Gasteiger partial charge in [-0.05, 0) is 43.7 Å². The Morgan fingerprint density at radius 2 is 2.00 bits per heavy atom. The molecule has 2 aromatic heterocycles. The molecule has 1 aromatic carbocycles. The third-order valence-corrected chi connectivity index (χ3v) is 4.04. The summed E-state index contributed by atoms with van der Waals surface area (Å²) in [5.74, 6) is 1.58. The quantitative estimate of drug-likeness (QED) is 0.691. The summed E-state index contributed by atoms with van der Waals surface area (Å²) in [6.45, 7) is 2.09. The fraction of sp³-hybridized carbons (Fsp3) is 0.294. The van der Waals surface area contributed by atoms with Gasteiger partial charge in [0.15, 0.2) is 5.65 Å². The van der Waals surface area contributed by atoms with Crippen molar-refractivity contribution >= 4 is 23.1 Å². The van der Waals surface area contributed by atoms with Crippen LogP contribution in [0.25, 0.3) is 5.65 Å². The van der Waals surface area contributed by atoms with Gasteiger partial charge in [-0.15, -0.1) is 5.10 Å². The van der Waals surface area contributed by atoms with Crippen LogP contribution in [0.5, 0.6) is 0 Å². The van der Waals surface area contributed by atoms with Crippen LogP contribution in [-0.2, 0) is 0 Å². The number of para-hydroxylation sites is 1. The zero-order chi connectivity index (χ0) is 15.5. The van der Waals surface area contributed by atoms with E-state index in [0.29, 0.717) is 12.0 Å². The number of nitrogens with one attached hydrogen (secondary N) is 3. The summed E-state index contributed by atoms with van der Waals surface area (Å²) in [5.41, 5.74) is 1.81. The smallest absolute Gasteiger partial charge is 0.247 e. The second kappa shape index (κ2) is 6.26. The summed E-state index contributed by atoms with van der Waals surface area (Å²) in [4.78, 5) is 4.55. The molecule has 3 aromatic rings. The molecule has 1 aliphatic heterocycles. The standard InChI is InChI=1S/C17H20N6/c1-2-6-13(7-3-1)20-17-21-16-10-4-9-15(23(16)22-17)19-14-8-5-11-18-12-14/h1-4,6-7,9-10,14,18-19H,5,8,11-12H2,(H,20,22)/t14-/m1/s1. The molecule has 1 saturated heterocycles. The van der Waals surface area contributed by atoms with E-state index in [1.54, 1.807) is 0 Å². The number of hydrogen-bond acceptors (Lipinski definition) is 5. The van der Waals surface area contributed by atoms with Crippen molar-refractivity contribution in [1.29, 1.82) is 0 Å². The van der Waals surface area contributed by atoms with Gasteiger partial charge in [-0.1, -0.05) is 24.3 Å². The topological polar surface area (TPSA) is 66.3 Å². The van der Waals surface area contributed by atoms with Crippen LogP contribution in [0.4, 0.5) is 17.5 Å². The van der Waals surface area contributed by atoms with Crippen LogP contribution in [-0.4, -0.2) is 33.7 Å². The first-order chi connectivity index (χ1) is 11.4. The summed E-state index contributed by atoms with van der Waals surface area (Å²) in [5, 5.41) is 14.8. The average molecular weight is 308 g/mol. The first-order valence-corrected chi connectivity index (χ1v) is 8.04. The molecule has 0 radical (unpaired) electrons. The highest BCUT2D eigenvalue weighted by Gasteiger charge is 2.14. The number of pyridine rings is 1. The summed E-state index contributed by atoms with van der Waals surface area (Å²) >= 11 is 0. The SMILES string of the molecule is c1ccc(Nc2nc3cccc(N[C@@H]4CCCNC4)n3n2)cc1. The average Bonchev–Trinajstić information content (AvgIpc) is 3.00. The van der Waals surface area contributed by atoms with Crippen molar-refractivity contribution in [2.24, 2.45) is 0 Å². The Kier molecular flexibility index (Phi) is 3.81. The van der Waals surface area contributed by atoms with Crippen LogP contribution >= 0.6 is 0 Å². The van der Waals surface area contributed by atoms with Crippen LogP contribution < -0.4 is 16.0 Å². The van der Waals surface area contributed by atoms with E-state index in [0.717, 1.165) is 30.2 Å². The van der Waals surface area contributed by atoms with Gasteiger partial charge in [0, 0.05) is 18.3 Å². The summed E-state index contributed by atoms with van der Waals surface area (Å²) < 4.78 is 1.86. The molecule has 0 unspecified atom stereocenters. The molecule has 0 bridgehead atoms. The first-order valence-electron chi connectivity index (χ1n) is 8.04. The van der Waals surface area contributed by atoms with E-state index >= 15 is 0 Å². The van der Waals surface area contributed by atoms with Crippen molar-refractivity contribution in [2.75, 3.05) is 23.7 Å². The molecular weight excluding hydrogens is 288 g/mol. The largest absolute Gasteiger partial charge is 0.366 e. The summed E-state index contributed by atoms with van der Waals surface area (Å²) in [6.07, 6.45) is 2.37. The molecule has 0 saturated carbocycles. The Balaban J connectivity index is 1.59. The zero-order valence-electron chi connectivity index (χ0n) is 12.9. The molecule has 6 heteroatoms. The molecule has 1 aliphatic rings. The van der Waals surface area contributed by atoms with Crippen molar-refractivity contribution in [3.8, 4) is 0 Å². The number of rotatable bonds is 4. The van der Waals surface area contributed by atoms with Gasteiger partial charge in [-0.25, -0.2) is 0 Å². The molecule has 3 N–H and O–H groups in total. The summed E-state index contributed by atoms with van der Waals surface area (Å²) in [6, 6.07) is 16.4. The predicted octanol–water partition coefficient (Wildman–Crippen LogP) is 2.64. The Labute approximate surface area is 134 Å². The molecule has 0 amide bonds. The van der Waals surface area contributed by atoms with Gasteiger partial charge < -0.3 is 16.0 Å². The first kappa shape index (κ1) is 14.0. The maximum absolute atomic E-state index is 4.58. The van der Waals surface area contributed by atoms with Crippen molar-refractivity contribution < 1.29 is 0 Å². The van der Waals surface area contributed by atoms with Crippen LogP contribution in [0, 0.1) is 0 Å². The lowest BCUT2D eigenvalue weighted by atomic mass is 10.1. The fourth-order valence-electron chi connectivity index (χ4n) is 2.90. The number of anilines is 3. The molecule has 118 valence electrons. The van der Waals surface area contributed by atoms with E-state index in [1.807, 2.05) is 53.0 Å². The maximum atomic E-state index is 4.58. The van der Waals surface area contributed by atoms with Gasteiger partial charge in [-0.3, -0.25) is 0 Å². The minimum atomic E-state index is 0.434. The number of piperidine rings is 1. The molecule has 0 aliphatic carbocycles. The molecule has 0 spiro atoms. The summed E-state index contributed by atoms with van der Waals surface area (Å²) in [7, 11) is 0. The van der Waals surface area contributed by atoms with Crippen LogP contribution in [0.3, 0.4) is 0 Å². The number of fused-ring (bicyclic) bond motifs is 1. The Bertz CT molecular complexity index is 776. The molecule has 6 nitrogen and oxygen atoms in total. The molecule has 3 heterocycles. The zero-order valence-corrected chi connectivity index (χ0v) is 12.9. The van der Waals surface area contributed by atoms with E-state index in [1.165, 1.54) is 12.8 Å². The minimum absolute atomic E-state index is 0.434. The van der Waals surface area contributed by atoms with E-state index in [2.05, 4.69) is 26.0 Å². The van der Waals surface area contributed by atoms with Crippen LogP contribution in [0.2, 0.25) is 0 Å². The van der Waals surface area contributed by atoms with Gasteiger partial charge >= 0.3 is 0 Å². The lowest BCUT2D eigenvalue weighted by Crippen LogP contribution is -2.38. The number of benzene rings is 1. The fourth-order valence-corrected chi connectivity index (χ4v) is 2.90. The molecular formula is C17H20N6. The highest BCUT2D eigenvalue weighted by atomic mass is 15.4. The van der Waals surface area contributed by atoms with E-state index in [4.69, 9.17) is 0 Å². The highest BCUT2D eigenvalue weighted by molar-refractivity contribution is 5.57. The van der Waals surface area contributed by atoms with Gasteiger partial charge in [0.1, 0.15) is 5.82 Å². The predicted molar refractivity (Wildman–Crippen MR) is 92.2 cm³/mol. The highest BCUT2D eigenvalue weighted by Crippen LogP contribution is 2.18. The number of hydrogen-bond donors (Lipinski definition) is 3. The van der Waals surface area contributed by atoms with Gasteiger partial charge in [0.25, 0.3) is 0 Å². The molecule has 4 rings (SSSR count). The van der Waals surface area contributed by atoms with Crippen LogP contribution in [0.15, 0.2) is 48.5 Å². The van der Waals surface area contributed by atoms with Crippen molar-refractivity contribution in [2.45, 2.75) is 18.9 Å². The molecule has 23 heavy (non-hydrogen) atoms. The van der Waals surface area contributed by atoms with E-state index in [-0.39, 0.29) is 0 Å². The Morgan fingerprint density at radius 1 is 1.09 bits per heavy atom. The van der Waals surface area contributed by atoms with Crippen LogP contribution in [0.1, 0.15) is 12.8 Å². The second-order valence-corrected chi connectivity index (χ2v) is 5.80. The Hall–Kier alpha value is -2.60. The van der Waals surface area contributed by atoms with E-state index in [9.17, 15) is 0 Å². The van der Waals surface area contributed by atoms with E-state index < -0.39 is 0 Å². The number of nitrogens with zero attached hydrogens (tertiary/aromatic N) is 3. The van der Waals surface area contributed by atoms with Gasteiger partial charge in [0.2, 0.25) is 5.95 Å². The third-order valence-electron chi connectivity index (χ3n) is 4.04. The third kappa shape index (κ3) is 3.12. The maximum Gasteiger partial charge on any atom is 0.247 e. The monoisotopic (exact) mass is 308 g/mol. The van der Waals surface area contributed by atoms with Crippen molar-refractivity contribution in [1.82, 2.24) is 19.9 Å². The van der Waals surface area contributed by atoms with Gasteiger partial charge in [-0.2, -0.15) is 9.50 Å².